The van der Waals surface area contributed by atoms with Crippen LogP contribution in [0.3, 0.4) is 0 Å². The number of phenolic OH excluding ortho intramolecular Hbond substituents is 1. The van der Waals surface area contributed by atoms with Crippen LogP contribution >= 0.6 is 0 Å². The molecule has 4 aromatic rings. The SMILES string of the molecule is Oc1cc2ccccc2cc1C(Nc1ccccc1)=[NH+]c1ccccc1. The first-order chi connectivity index (χ1) is 12.8. The molecule has 0 aliphatic heterocycles. The molecule has 0 aliphatic rings. The third-order valence-electron chi connectivity index (χ3n) is 4.22. The van der Waals surface area contributed by atoms with Gasteiger partial charge in [0.1, 0.15) is 22.7 Å². The number of phenols is 1. The van der Waals surface area contributed by atoms with Gasteiger partial charge in [-0.25, -0.2) is 10.3 Å². The van der Waals surface area contributed by atoms with E-state index in [1.165, 1.54) is 0 Å². The summed E-state index contributed by atoms with van der Waals surface area (Å²) in [6.45, 7) is 0. The number of hydrogen-bond donors (Lipinski definition) is 3. The lowest BCUT2D eigenvalue weighted by molar-refractivity contribution is -0.353. The van der Waals surface area contributed by atoms with Crippen LogP contribution in [0.25, 0.3) is 10.8 Å². The lowest BCUT2D eigenvalue weighted by Crippen LogP contribution is -2.68. The van der Waals surface area contributed by atoms with Crippen LogP contribution in [0.2, 0.25) is 0 Å². The summed E-state index contributed by atoms with van der Waals surface area (Å²) >= 11 is 0. The molecule has 0 bridgehead atoms. The van der Waals surface area contributed by atoms with Gasteiger partial charge < -0.3 is 5.11 Å². The van der Waals surface area contributed by atoms with Gasteiger partial charge in [0, 0.05) is 0 Å². The summed E-state index contributed by atoms with van der Waals surface area (Å²) in [5.74, 6) is 0.955. The minimum Gasteiger partial charge on any atom is -0.507 e. The summed E-state index contributed by atoms with van der Waals surface area (Å²) in [4.78, 5) is 3.39. The monoisotopic (exact) mass is 339 g/mol. The molecule has 4 aromatic carbocycles. The van der Waals surface area contributed by atoms with Crippen molar-refractivity contribution in [1.82, 2.24) is 0 Å². The Hall–Kier alpha value is -3.59. The van der Waals surface area contributed by atoms with Gasteiger partial charge in [-0.3, -0.25) is 0 Å². The second kappa shape index (κ2) is 7.11. The van der Waals surface area contributed by atoms with Gasteiger partial charge in [0.2, 0.25) is 0 Å². The van der Waals surface area contributed by atoms with Crippen molar-refractivity contribution in [2.24, 2.45) is 0 Å². The first-order valence-corrected chi connectivity index (χ1v) is 8.53. The zero-order valence-corrected chi connectivity index (χ0v) is 14.2. The van der Waals surface area contributed by atoms with Gasteiger partial charge in [-0.1, -0.05) is 60.7 Å². The Labute approximate surface area is 152 Å². The van der Waals surface area contributed by atoms with E-state index < -0.39 is 0 Å². The average molecular weight is 339 g/mol. The highest BCUT2D eigenvalue weighted by Crippen LogP contribution is 2.25. The summed E-state index contributed by atoms with van der Waals surface area (Å²) in [6.07, 6.45) is 0. The smallest absolute Gasteiger partial charge is 0.288 e. The van der Waals surface area contributed by atoms with Crippen molar-refractivity contribution in [2.45, 2.75) is 0 Å². The largest absolute Gasteiger partial charge is 0.507 e. The van der Waals surface area contributed by atoms with Crippen LogP contribution < -0.4 is 10.3 Å². The molecule has 0 fully saturated rings. The molecule has 0 aliphatic carbocycles. The van der Waals surface area contributed by atoms with Crippen LogP contribution in [0.4, 0.5) is 11.4 Å². The van der Waals surface area contributed by atoms with Crippen molar-refractivity contribution in [3.05, 3.63) is 103 Å². The number of fused-ring (bicyclic) bond motifs is 1. The number of rotatable bonds is 3. The van der Waals surface area contributed by atoms with Gasteiger partial charge in [-0.05, 0) is 47.2 Å². The molecule has 0 aromatic heterocycles. The Bertz CT molecular complexity index is 1060. The Morgan fingerprint density at radius 3 is 1.96 bits per heavy atom. The summed E-state index contributed by atoms with van der Waals surface area (Å²) < 4.78 is 0. The third kappa shape index (κ3) is 3.42. The number of aromatic hydroxyl groups is 1. The molecule has 26 heavy (non-hydrogen) atoms. The minimum absolute atomic E-state index is 0.227. The second-order valence-electron chi connectivity index (χ2n) is 6.07. The molecule has 4 rings (SSSR count). The predicted molar refractivity (Wildman–Crippen MR) is 107 cm³/mol. The highest BCUT2D eigenvalue weighted by molar-refractivity contribution is 6.09. The van der Waals surface area contributed by atoms with Gasteiger partial charge in [0.25, 0.3) is 5.84 Å². The van der Waals surface area contributed by atoms with Crippen LogP contribution in [0, 0.1) is 0 Å². The molecule has 0 amide bonds. The Morgan fingerprint density at radius 1 is 0.692 bits per heavy atom. The Kier molecular flexibility index (Phi) is 4.35. The zero-order chi connectivity index (χ0) is 17.8. The zero-order valence-electron chi connectivity index (χ0n) is 14.2. The van der Waals surface area contributed by atoms with E-state index in [0.29, 0.717) is 0 Å². The van der Waals surface area contributed by atoms with E-state index in [-0.39, 0.29) is 5.75 Å². The van der Waals surface area contributed by atoms with Gasteiger partial charge in [0.05, 0.1) is 0 Å². The molecule has 126 valence electrons. The molecule has 0 radical (unpaired) electrons. The Balaban J connectivity index is 1.85. The topological polar surface area (TPSA) is 46.2 Å². The maximum Gasteiger partial charge on any atom is 0.288 e. The quantitative estimate of drug-likeness (QED) is 0.392. The first kappa shape index (κ1) is 15.9. The van der Waals surface area contributed by atoms with E-state index in [2.05, 4.69) is 10.3 Å². The average Bonchev–Trinajstić information content (AvgIpc) is 2.68. The molecular formula is C23H19N2O+. The summed E-state index contributed by atoms with van der Waals surface area (Å²) in [7, 11) is 0. The summed E-state index contributed by atoms with van der Waals surface area (Å²) in [5, 5.41) is 16.1. The maximum atomic E-state index is 10.6. The van der Waals surface area contributed by atoms with Gasteiger partial charge in [-0.2, -0.15) is 0 Å². The standard InChI is InChI=1S/C23H18N2O/c26-22-16-18-10-8-7-9-17(18)15-21(22)23(24-19-11-3-1-4-12-19)25-20-13-5-2-6-14-20/h1-16,26H,(H,24,25)/p+1. The Morgan fingerprint density at radius 2 is 1.27 bits per heavy atom. The molecule has 0 atom stereocenters. The van der Waals surface area contributed by atoms with Crippen molar-refractivity contribution in [3.8, 4) is 5.75 Å². The second-order valence-corrected chi connectivity index (χ2v) is 6.07. The number of amidine groups is 1. The first-order valence-electron chi connectivity index (χ1n) is 8.53. The lowest BCUT2D eigenvalue weighted by Gasteiger charge is -2.08. The van der Waals surface area contributed by atoms with Crippen LogP contribution in [0.5, 0.6) is 5.75 Å². The molecule has 0 saturated heterocycles. The molecule has 0 spiro atoms. The molecule has 3 N–H and O–H groups in total. The molecule has 3 heteroatoms. The van der Waals surface area contributed by atoms with E-state index in [1.807, 2.05) is 91.0 Å². The molecule has 3 nitrogen and oxygen atoms in total. The number of hydrogen-bond acceptors (Lipinski definition) is 1. The van der Waals surface area contributed by atoms with Gasteiger partial charge in [-0.15, -0.1) is 0 Å². The van der Waals surface area contributed by atoms with Crippen molar-refractivity contribution < 1.29 is 10.1 Å². The van der Waals surface area contributed by atoms with Crippen molar-refractivity contribution in [1.29, 1.82) is 0 Å². The van der Waals surface area contributed by atoms with Gasteiger partial charge >= 0.3 is 0 Å². The maximum absolute atomic E-state index is 10.6. The molecular weight excluding hydrogens is 320 g/mol. The van der Waals surface area contributed by atoms with Crippen molar-refractivity contribution in [2.75, 3.05) is 5.32 Å². The fraction of sp³-hybridized carbons (Fsp3) is 0. The molecule has 0 unspecified atom stereocenters. The van der Waals surface area contributed by atoms with Crippen LogP contribution in [0.15, 0.2) is 97.1 Å². The normalized spacial score (nSPS) is 11.5. The predicted octanol–water partition coefficient (Wildman–Crippen LogP) is 3.82. The third-order valence-corrected chi connectivity index (χ3v) is 4.22. The fourth-order valence-corrected chi connectivity index (χ4v) is 2.93. The molecule has 0 heterocycles. The van der Waals surface area contributed by atoms with Crippen LogP contribution in [-0.4, -0.2) is 10.9 Å². The highest BCUT2D eigenvalue weighted by Gasteiger charge is 2.17. The summed E-state index contributed by atoms with van der Waals surface area (Å²) in [6, 6.07) is 31.6. The number of benzene rings is 4. The van der Waals surface area contributed by atoms with E-state index in [4.69, 9.17) is 0 Å². The van der Waals surface area contributed by atoms with Crippen molar-refractivity contribution in [3.63, 3.8) is 0 Å². The van der Waals surface area contributed by atoms with E-state index in [1.54, 1.807) is 6.07 Å². The lowest BCUT2D eigenvalue weighted by atomic mass is 10.0. The number of anilines is 1. The fourth-order valence-electron chi connectivity index (χ4n) is 2.93. The van der Waals surface area contributed by atoms with Crippen molar-refractivity contribution >= 4 is 28.0 Å². The van der Waals surface area contributed by atoms with Crippen LogP contribution in [-0.2, 0) is 0 Å². The van der Waals surface area contributed by atoms with Gasteiger partial charge in [0.15, 0.2) is 0 Å². The van der Waals surface area contributed by atoms with E-state index >= 15 is 0 Å². The molecule has 0 saturated carbocycles. The highest BCUT2D eigenvalue weighted by atomic mass is 16.3. The number of nitrogens with one attached hydrogen (secondary N) is 2. The van der Waals surface area contributed by atoms with E-state index in [9.17, 15) is 5.11 Å². The number of para-hydroxylation sites is 2. The van der Waals surface area contributed by atoms with Crippen LogP contribution in [0.1, 0.15) is 5.56 Å². The van der Waals surface area contributed by atoms with E-state index in [0.717, 1.165) is 33.5 Å². The summed E-state index contributed by atoms with van der Waals surface area (Å²) in [5.41, 5.74) is 2.60. The minimum atomic E-state index is 0.227.